The van der Waals surface area contributed by atoms with Gasteiger partial charge in [-0.3, -0.25) is 9.79 Å². The number of amides is 1. The van der Waals surface area contributed by atoms with E-state index in [9.17, 15) is 4.79 Å². The molecule has 3 rings (SSSR count). The first-order valence-corrected chi connectivity index (χ1v) is 8.67. The second-order valence-corrected chi connectivity index (χ2v) is 7.15. The molecule has 2 unspecified atom stereocenters. The molecule has 2 aliphatic heterocycles. The zero-order valence-electron chi connectivity index (χ0n) is 14.7. The van der Waals surface area contributed by atoms with Crippen molar-refractivity contribution in [3.05, 3.63) is 30.3 Å². The van der Waals surface area contributed by atoms with Crippen molar-refractivity contribution in [3.63, 3.8) is 0 Å². The quantitative estimate of drug-likeness (QED) is 0.854. The Balaban J connectivity index is 1.60. The number of hydrogen-bond acceptors (Lipinski definition) is 4. The Bertz CT molecular complexity index is 628. The van der Waals surface area contributed by atoms with Crippen LogP contribution in [0.25, 0.3) is 0 Å². The molecular formula is C19H26N4O. The predicted octanol–water partition coefficient (Wildman–Crippen LogP) is 2.62. The van der Waals surface area contributed by atoms with Crippen molar-refractivity contribution in [2.24, 2.45) is 15.9 Å². The topological polar surface area (TPSA) is 48.3 Å². The summed E-state index contributed by atoms with van der Waals surface area (Å²) in [5, 5.41) is 0. The molecule has 0 bridgehead atoms. The fraction of sp³-hybridized carbons (Fsp3) is 0.526. The molecule has 3 atom stereocenters. The van der Waals surface area contributed by atoms with Crippen LogP contribution >= 0.6 is 0 Å². The Hall–Kier alpha value is -2.17. The number of anilines is 1. The summed E-state index contributed by atoms with van der Waals surface area (Å²) in [5.74, 6) is 0.179. The third-order valence-corrected chi connectivity index (χ3v) is 4.94. The van der Waals surface area contributed by atoms with Gasteiger partial charge in [-0.05, 0) is 32.4 Å². The number of nitrogens with zero attached hydrogens (tertiary/aromatic N) is 4. The lowest BCUT2D eigenvalue weighted by Gasteiger charge is -2.42. The number of para-hydroxylation sites is 1. The van der Waals surface area contributed by atoms with Crippen LogP contribution in [-0.4, -0.2) is 54.6 Å². The molecule has 5 nitrogen and oxygen atoms in total. The van der Waals surface area contributed by atoms with Crippen LogP contribution in [0.3, 0.4) is 0 Å². The first kappa shape index (κ1) is 16.7. The number of benzene rings is 1. The first-order chi connectivity index (χ1) is 11.5. The maximum absolute atomic E-state index is 12.8. The summed E-state index contributed by atoms with van der Waals surface area (Å²) in [6.07, 6.45) is 4.13. The summed E-state index contributed by atoms with van der Waals surface area (Å²) in [6, 6.07) is 10.7. The normalized spacial score (nSPS) is 27.5. The highest BCUT2D eigenvalue weighted by molar-refractivity contribution is 5.87. The van der Waals surface area contributed by atoms with Crippen LogP contribution in [0.4, 0.5) is 5.69 Å². The van der Waals surface area contributed by atoms with E-state index < -0.39 is 0 Å². The monoisotopic (exact) mass is 326 g/mol. The number of rotatable bonds is 4. The summed E-state index contributed by atoms with van der Waals surface area (Å²) in [6.45, 7) is 8.64. The van der Waals surface area contributed by atoms with E-state index in [1.165, 1.54) is 5.69 Å². The highest BCUT2D eigenvalue weighted by Crippen LogP contribution is 2.25. The van der Waals surface area contributed by atoms with Gasteiger partial charge in [0, 0.05) is 43.5 Å². The Morgan fingerprint density at radius 2 is 2.08 bits per heavy atom. The molecule has 0 N–H and O–H groups in total. The maximum Gasteiger partial charge on any atom is 0.225 e. The van der Waals surface area contributed by atoms with Gasteiger partial charge < -0.3 is 9.80 Å². The molecule has 1 fully saturated rings. The Morgan fingerprint density at radius 1 is 1.33 bits per heavy atom. The second-order valence-electron chi connectivity index (χ2n) is 7.15. The van der Waals surface area contributed by atoms with Crippen molar-refractivity contribution < 1.29 is 4.79 Å². The van der Waals surface area contributed by atoms with E-state index in [1.807, 2.05) is 31.0 Å². The number of carbonyl (C=O) groups is 1. The van der Waals surface area contributed by atoms with Gasteiger partial charge in [-0.2, -0.15) is 0 Å². The minimum atomic E-state index is -0.327. The average molecular weight is 326 g/mol. The van der Waals surface area contributed by atoms with Gasteiger partial charge >= 0.3 is 0 Å². The van der Waals surface area contributed by atoms with E-state index in [1.54, 1.807) is 6.34 Å². The van der Waals surface area contributed by atoms with Crippen LogP contribution in [0.2, 0.25) is 0 Å². The van der Waals surface area contributed by atoms with Crippen molar-refractivity contribution in [2.45, 2.75) is 38.8 Å². The molecule has 1 saturated heterocycles. The molecule has 2 aliphatic rings. The van der Waals surface area contributed by atoms with Gasteiger partial charge in [-0.15, -0.1) is 0 Å². The lowest BCUT2D eigenvalue weighted by molar-refractivity contribution is -0.136. The van der Waals surface area contributed by atoms with Gasteiger partial charge in [0.25, 0.3) is 0 Å². The number of piperazine rings is 1. The zero-order valence-corrected chi connectivity index (χ0v) is 14.7. The fourth-order valence-electron chi connectivity index (χ4n) is 3.68. The second kappa shape index (κ2) is 6.75. The fourth-order valence-corrected chi connectivity index (χ4v) is 3.68. The zero-order chi connectivity index (χ0) is 17.2. The van der Waals surface area contributed by atoms with Gasteiger partial charge in [0.15, 0.2) is 0 Å². The SMILES string of the molecule is CC(CC1(C)C=NC=N1)C(=O)N1CCN(c2ccccc2)[C@@H](C)C1. The van der Waals surface area contributed by atoms with Crippen LogP contribution in [-0.2, 0) is 4.79 Å². The highest BCUT2D eigenvalue weighted by atomic mass is 16.2. The minimum Gasteiger partial charge on any atom is -0.365 e. The van der Waals surface area contributed by atoms with Gasteiger partial charge in [0.2, 0.25) is 5.91 Å². The molecule has 0 aromatic heterocycles. The molecule has 2 heterocycles. The molecule has 1 amide bonds. The number of carbonyl (C=O) groups excluding carboxylic acids is 1. The van der Waals surface area contributed by atoms with Gasteiger partial charge in [0.05, 0.1) is 5.54 Å². The molecule has 24 heavy (non-hydrogen) atoms. The van der Waals surface area contributed by atoms with Gasteiger partial charge in [-0.25, -0.2) is 4.99 Å². The summed E-state index contributed by atoms with van der Waals surface area (Å²) in [4.78, 5) is 25.7. The summed E-state index contributed by atoms with van der Waals surface area (Å²) in [7, 11) is 0. The van der Waals surface area contributed by atoms with Gasteiger partial charge in [-0.1, -0.05) is 25.1 Å². The van der Waals surface area contributed by atoms with E-state index in [4.69, 9.17) is 0 Å². The van der Waals surface area contributed by atoms with E-state index in [-0.39, 0.29) is 17.4 Å². The summed E-state index contributed by atoms with van der Waals surface area (Å²) >= 11 is 0. The predicted molar refractivity (Wildman–Crippen MR) is 99.0 cm³/mol. The smallest absolute Gasteiger partial charge is 0.225 e. The molecule has 128 valence electrons. The summed E-state index contributed by atoms with van der Waals surface area (Å²) in [5.41, 5.74) is 0.904. The largest absolute Gasteiger partial charge is 0.365 e. The van der Waals surface area contributed by atoms with Crippen molar-refractivity contribution in [3.8, 4) is 0 Å². The number of hydrogen-bond donors (Lipinski definition) is 0. The van der Waals surface area contributed by atoms with Crippen LogP contribution < -0.4 is 4.90 Å². The third-order valence-electron chi connectivity index (χ3n) is 4.94. The lowest BCUT2D eigenvalue weighted by atomic mass is 9.90. The molecule has 0 spiro atoms. The molecule has 5 heteroatoms. The Kier molecular flexibility index (Phi) is 4.69. The molecule has 0 saturated carbocycles. The van der Waals surface area contributed by atoms with E-state index >= 15 is 0 Å². The first-order valence-electron chi connectivity index (χ1n) is 8.67. The Labute approximate surface area is 144 Å². The highest BCUT2D eigenvalue weighted by Gasteiger charge is 2.33. The molecular weight excluding hydrogens is 300 g/mol. The standard InChI is InChI=1S/C19H26N4O/c1-15(11-19(3)13-20-14-21-19)18(24)22-9-10-23(16(2)12-22)17-7-5-4-6-8-17/h4-8,13-16H,9-12H2,1-3H3/t15?,16-,19?/m0/s1. The van der Waals surface area contributed by atoms with E-state index in [2.05, 4.69) is 46.1 Å². The van der Waals surface area contributed by atoms with Crippen LogP contribution in [0, 0.1) is 5.92 Å². The van der Waals surface area contributed by atoms with Crippen LogP contribution in [0.5, 0.6) is 0 Å². The lowest BCUT2D eigenvalue weighted by Crippen LogP contribution is -2.55. The van der Waals surface area contributed by atoms with E-state index in [0.29, 0.717) is 12.5 Å². The van der Waals surface area contributed by atoms with Crippen LogP contribution in [0.15, 0.2) is 40.3 Å². The van der Waals surface area contributed by atoms with Crippen molar-refractivity contribution in [1.82, 2.24) is 4.90 Å². The molecule has 1 aromatic carbocycles. The Morgan fingerprint density at radius 3 is 2.71 bits per heavy atom. The average Bonchev–Trinajstić information content (AvgIpc) is 3.01. The van der Waals surface area contributed by atoms with Crippen molar-refractivity contribution in [2.75, 3.05) is 24.5 Å². The van der Waals surface area contributed by atoms with Gasteiger partial charge in [0.1, 0.15) is 6.34 Å². The minimum absolute atomic E-state index is 0.0489. The maximum atomic E-state index is 12.8. The molecule has 1 aromatic rings. The van der Waals surface area contributed by atoms with E-state index in [0.717, 1.165) is 19.6 Å². The molecule has 0 radical (unpaired) electrons. The van der Waals surface area contributed by atoms with Crippen molar-refractivity contribution in [1.29, 1.82) is 0 Å². The number of aliphatic imine (C=N–C) groups is 2. The summed E-state index contributed by atoms with van der Waals surface area (Å²) < 4.78 is 0. The van der Waals surface area contributed by atoms with Crippen molar-refractivity contribution >= 4 is 24.1 Å². The van der Waals surface area contributed by atoms with Crippen LogP contribution in [0.1, 0.15) is 27.2 Å². The molecule has 0 aliphatic carbocycles. The third kappa shape index (κ3) is 3.50.